The third kappa shape index (κ3) is 17.7. The molecule has 0 atom stereocenters. The van der Waals surface area contributed by atoms with E-state index in [-0.39, 0.29) is 28.8 Å². The monoisotopic (exact) mass is 306 g/mol. The molecule has 0 fully saturated rings. The van der Waals surface area contributed by atoms with Gasteiger partial charge in [0, 0.05) is 0 Å². The first kappa shape index (κ1) is 13.2. The van der Waals surface area contributed by atoms with E-state index in [1.165, 1.54) is 0 Å². The predicted molar refractivity (Wildman–Crippen MR) is 47.6 cm³/mol. The van der Waals surface area contributed by atoms with Gasteiger partial charge in [-0.15, -0.1) is 0 Å². The topological polar surface area (TPSA) is 0 Å². The van der Waals surface area contributed by atoms with Crippen LogP contribution in [0.15, 0.2) is 0 Å². The van der Waals surface area contributed by atoms with Gasteiger partial charge in [0.05, 0.1) is 0 Å². The van der Waals surface area contributed by atoms with E-state index < -0.39 is 0 Å². The number of rotatable bonds is 2. The standard InChI is InChI=1S/Ca.2Ga.4S. The molecule has 0 aliphatic heterocycles. The molecule has 0 amide bonds. The Hall–Kier alpha value is 3.54. The molecule has 0 aromatic heterocycles. The van der Waals surface area contributed by atoms with Crippen LogP contribution in [0.4, 0.5) is 0 Å². The van der Waals surface area contributed by atoms with Crippen molar-refractivity contribution in [3.8, 4) is 0 Å². The van der Waals surface area contributed by atoms with Gasteiger partial charge in [0.25, 0.3) is 0 Å². The van der Waals surface area contributed by atoms with E-state index in [4.69, 9.17) is 20.1 Å². The SMILES string of the molecule is [S]=[Ca].[S]=[Ga][S][Ga]=[S]. The van der Waals surface area contributed by atoms with Gasteiger partial charge >= 0.3 is 96.5 Å². The summed E-state index contributed by atoms with van der Waals surface area (Å²) in [6.45, 7) is 4.21. The molecule has 7 heteroatoms. The molecule has 0 bridgehead atoms. The zero-order valence-electron chi connectivity index (χ0n) is 3.49. The summed E-state index contributed by atoms with van der Waals surface area (Å²) in [5.74, 6) is 0. The van der Waals surface area contributed by atoms with Crippen molar-refractivity contribution in [3.63, 3.8) is 0 Å². The van der Waals surface area contributed by atoms with Crippen LogP contribution in [0.1, 0.15) is 0 Å². The van der Waals surface area contributed by atoms with E-state index in [2.05, 4.69) is 6.61 Å². The zero-order valence-corrected chi connectivity index (χ0v) is 13.8. The molecule has 0 nitrogen and oxygen atoms in total. The second kappa shape index (κ2) is 16.3. The van der Waals surface area contributed by atoms with Crippen LogP contribution >= 0.6 is 34.4 Å². The van der Waals surface area contributed by atoms with Crippen molar-refractivity contribution < 1.29 is 0 Å². The summed E-state index contributed by atoms with van der Waals surface area (Å²) in [4.78, 5) is 0. The molecule has 0 spiro atoms. The van der Waals surface area contributed by atoms with Crippen molar-refractivity contribution >= 4 is 96.5 Å². The second-order valence-electron chi connectivity index (χ2n) is 0.329. The Kier molecular flexibility index (Phi) is 30.6. The van der Waals surface area contributed by atoms with Crippen LogP contribution < -0.4 is 0 Å². The van der Waals surface area contributed by atoms with E-state index in [9.17, 15) is 0 Å². The summed E-state index contributed by atoms with van der Waals surface area (Å²) in [5.41, 5.74) is 0. The van der Waals surface area contributed by atoms with E-state index >= 15 is 0 Å². The Morgan fingerprint density at radius 3 is 1.43 bits per heavy atom. The first-order valence-corrected chi connectivity index (χ1v) is 18.3. The molecule has 0 aromatic rings. The average molecular weight is 308 g/mol. The molecule has 0 N–H and O–H groups in total. The van der Waals surface area contributed by atoms with Crippen molar-refractivity contribution in [1.29, 1.82) is 0 Å². The van der Waals surface area contributed by atoms with Crippen LogP contribution in [0.2, 0.25) is 0 Å². The normalized spacial score (nSPS) is 4.29. The molecule has 0 unspecified atom stereocenters. The molecule has 0 saturated carbocycles. The average Bonchev–Trinajstić information content (AvgIpc) is 1.75. The van der Waals surface area contributed by atoms with Crippen molar-refractivity contribution in [3.05, 3.63) is 0 Å². The Bertz CT molecular complexity index is 47.7. The zero-order chi connectivity index (χ0) is 6.12. The van der Waals surface area contributed by atoms with Crippen LogP contribution in [0, 0.1) is 0 Å². The summed E-state index contributed by atoms with van der Waals surface area (Å²) < 4.78 is 0. The number of hydrogen-bond acceptors (Lipinski definition) is 4. The van der Waals surface area contributed by atoms with Crippen LogP contribution in [-0.2, 0) is 0 Å². The van der Waals surface area contributed by atoms with Gasteiger partial charge in [0.15, 0.2) is 0 Å². The summed E-state index contributed by atoms with van der Waals surface area (Å²) in [6, 6.07) is 0. The van der Waals surface area contributed by atoms with Gasteiger partial charge in [-0.3, -0.25) is 0 Å². The van der Waals surface area contributed by atoms with Gasteiger partial charge in [0.1, 0.15) is 0 Å². The van der Waals surface area contributed by atoms with Gasteiger partial charge in [-0.2, -0.15) is 0 Å². The molecule has 0 heterocycles. The fourth-order valence-electron chi connectivity index (χ4n) is 0.0227. The Morgan fingerprint density at radius 2 is 1.43 bits per heavy atom. The molecule has 32 valence electrons. The Morgan fingerprint density at radius 1 is 1.14 bits per heavy atom. The second-order valence-corrected chi connectivity index (χ2v) is 20.0. The van der Waals surface area contributed by atoms with Crippen molar-refractivity contribution in [1.82, 2.24) is 0 Å². The fraction of sp³-hybridized carbons (Fsp3) is 0. The minimum absolute atomic E-state index is 0.237. The molecule has 0 aliphatic carbocycles. The summed E-state index contributed by atoms with van der Waals surface area (Å²) in [5, 5.41) is 0. The van der Waals surface area contributed by atoms with Crippen LogP contribution in [0.25, 0.3) is 0 Å². The first-order valence-electron chi connectivity index (χ1n) is 1.23. The molecule has 0 rings (SSSR count). The quantitative estimate of drug-likeness (QED) is 0.708. The molecular formula is CaGa2S4. The molecule has 0 aromatic carbocycles. The summed E-state index contributed by atoms with van der Waals surface area (Å²) in [7, 11) is 11.4. The third-order valence-electron chi connectivity index (χ3n) is 0.111. The Balaban J connectivity index is 0. The fourth-order valence-corrected chi connectivity index (χ4v) is 16.5. The van der Waals surface area contributed by atoms with E-state index in [1.807, 2.05) is 7.63 Å². The van der Waals surface area contributed by atoms with Crippen molar-refractivity contribution in [2.24, 2.45) is 0 Å². The van der Waals surface area contributed by atoms with Gasteiger partial charge in [0.2, 0.25) is 0 Å². The van der Waals surface area contributed by atoms with Gasteiger partial charge in [-0.25, -0.2) is 0 Å². The predicted octanol–water partition coefficient (Wildman–Crippen LogP) is 1.45. The summed E-state index contributed by atoms with van der Waals surface area (Å²) in [6.07, 6.45) is 0. The molecule has 0 radical (unpaired) electrons. The van der Waals surface area contributed by atoms with Crippen LogP contribution in [-0.4, -0.2) is 62.2 Å². The van der Waals surface area contributed by atoms with Gasteiger partial charge in [-0.1, -0.05) is 0 Å². The summed E-state index contributed by atoms with van der Waals surface area (Å²) >= 11 is 0.484. The number of hydrogen-bond donors (Lipinski definition) is 0. The minimum atomic E-state index is -0.237. The molecule has 7 heavy (non-hydrogen) atoms. The van der Waals surface area contributed by atoms with E-state index in [0.29, 0.717) is 0 Å². The van der Waals surface area contributed by atoms with Crippen LogP contribution in [0.3, 0.4) is 0 Å². The van der Waals surface area contributed by atoms with E-state index in [0.717, 1.165) is 33.3 Å². The maximum atomic E-state index is 4.74. The molecular weight excluding hydrogens is 308 g/mol. The first-order chi connectivity index (χ1) is 3.41. The molecule has 0 saturated heterocycles. The molecule has 0 aliphatic rings. The van der Waals surface area contributed by atoms with Crippen molar-refractivity contribution in [2.45, 2.75) is 0 Å². The van der Waals surface area contributed by atoms with Crippen molar-refractivity contribution in [2.75, 3.05) is 0 Å². The third-order valence-corrected chi connectivity index (χ3v) is 27.0. The van der Waals surface area contributed by atoms with Gasteiger partial charge in [-0.05, 0) is 0 Å². The van der Waals surface area contributed by atoms with Gasteiger partial charge < -0.3 is 0 Å². The van der Waals surface area contributed by atoms with Crippen LogP contribution in [0.5, 0.6) is 0 Å². The maximum absolute atomic E-state index is 4.74. The Labute approximate surface area is 93.8 Å². The van der Waals surface area contributed by atoms with E-state index in [1.54, 1.807) is 0 Å².